The Bertz CT molecular complexity index is 6210. The maximum Gasteiger partial charge on any atom is 0.0541 e. The molecule has 0 atom stereocenters. The van der Waals surface area contributed by atoms with Crippen LogP contribution in [0.1, 0.15) is 25.0 Å². The lowest BCUT2D eigenvalue weighted by molar-refractivity contribution is 0.660. The van der Waals surface area contributed by atoms with Crippen LogP contribution in [-0.2, 0) is 5.41 Å². The van der Waals surface area contributed by atoms with Crippen molar-refractivity contribution >= 4 is 82.5 Å². The molecule has 0 unspecified atom stereocenters. The molecule has 19 aromatic rings. The zero-order chi connectivity index (χ0) is 68.5. The first-order valence-electron chi connectivity index (χ1n) is 35.6. The molecule has 0 N–H and O–H groups in total. The van der Waals surface area contributed by atoms with E-state index in [-0.39, 0.29) is 5.41 Å². The second kappa shape index (κ2) is 25.2. The summed E-state index contributed by atoms with van der Waals surface area (Å²) in [6.45, 7) is 4.76. The van der Waals surface area contributed by atoms with Crippen LogP contribution in [0.15, 0.2) is 388 Å². The number of fused-ring (bicyclic) bond motifs is 12. The summed E-state index contributed by atoms with van der Waals surface area (Å²) in [6, 6.07) is 141. The number of aromatic nitrogens is 3. The molecule has 0 spiro atoms. The van der Waals surface area contributed by atoms with Gasteiger partial charge in [0.15, 0.2) is 0 Å². The summed E-state index contributed by atoms with van der Waals surface area (Å²) in [6.07, 6.45) is 0. The number of anilines is 3. The zero-order valence-corrected chi connectivity index (χ0v) is 57.2. The van der Waals surface area contributed by atoms with Gasteiger partial charge in [0.1, 0.15) is 0 Å². The van der Waals surface area contributed by atoms with Gasteiger partial charge in [-0.1, -0.05) is 275 Å². The van der Waals surface area contributed by atoms with E-state index in [1.54, 1.807) is 0 Å². The minimum absolute atomic E-state index is 0.199. The molecule has 103 heavy (non-hydrogen) atoms. The normalized spacial score (nSPS) is 12.3. The average Bonchev–Trinajstić information content (AvgIpc) is 1.58. The maximum atomic E-state index is 2.43. The van der Waals surface area contributed by atoms with Gasteiger partial charge in [-0.3, -0.25) is 0 Å². The Hall–Kier alpha value is -13.3. The molecule has 16 aromatic carbocycles. The molecule has 486 valence electrons. The largest absolute Gasteiger partial charge is 0.310 e. The van der Waals surface area contributed by atoms with E-state index in [1.165, 1.54) is 155 Å². The van der Waals surface area contributed by atoms with Crippen molar-refractivity contribution in [3.63, 3.8) is 0 Å². The minimum atomic E-state index is -0.199. The fourth-order valence-electron chi connectivity index (χ4n) is 16.3. The predicted octanol–water partition coefficient (Wildman–Crippen LogP) is 26.8. The predicted molar refractivity (Wildman–Crippen MR) is 435 cm³/mol. The van der Waals surface area contributed by atoms with Gasteiger partial charge in [-0.15, -0.1) is 0 Å². The highest BCUT2D eigenvalue weighted by Crippen LogP contribution is 2.52. The van der Waals surface area contributed by atoms with E-state index in [2.05, 4.69) is 421 Å². The highest BCUT2D eigenvalue weighted by atomic mass is 15.1. The van der Waals surface area contributed by atoms with Crippen molar-refractivity contribution in [2.45, 2.75) is 19.3 Å². The Balaban J connectivity index is 0.000000142. The first kappa shape index (κ1) is 60.9. The lowest BCUT2D eigenvalue weighted by atomic mass is 9.82. The summed E-state index contributed by atoms with van der Waals surface area (Å²) in [4.78, 5) is 2.40. The van der Waals surface area contributed by atoms with Crippen LogP contribution >= 0.6 is 0 Å². The summed E-state index contributed by atoms with van der Waals surface area (Å²) in [5, 5.41) is 7.58. The summed E-state index contributed by atoms with van der Waals surface area (Å²) < 4.78 is 7.23. The van der Waals surface area contributed by atoms with Gasteiger partial charge >= 0.3 is 0 Å². The van der Waals surface area contributed by atoms with E-state index in [1.807, 2.05) is 0 Å². The minimum Gasteiger partial charge on any atom is -0.310 e. The Kier molecular flexibility index (Phi) is 14.9. The number of hydrogen-bond donors (Lipinski definition) is 0. The fraction of sp³-hybridized carbons (Fsp3) is 0.0303. The Labute approximate surface area is 599 Å². The lowest BCUT2D eigenvalue weighted by Gasteiger charge is -2.28. The highest BCUT2D eigenvalue weighted by Gasteiger charge is 2.37. The quantitative estimate of drug-likeness (QED) is 0.126. The van der Waals surface area contributed by atoms with E-state index in [0.29, 0.717) is 0 Å². The second-order valence-corrected chi connectivity index (χ2v) is 27.6. The molecule has 0 aliphatic heterocycles. The van der Waals surface area contributed by atoms with Crippen molar-refractivity contribution in [2.24, 2.45) is 0 Å². The Morgan fingerprint density at radius 1 is 0.194 bits per heavy atom. The monoisotopic (exact) mass is 1310 g/mol. The van der Waals surface area contributed by atoms with Crippen LogP contribution in [0.3, 0.4) is 0 Å². The summed E-state index contributed by atoms with van der Waals surface area (Å²) in [5.41, 5.74) is 31.4. The average molecular weight is 1320 g/mol. The summed E-state index contributed by atoms with van der Waals surface area (Å²) >= 11 is 0. The first-order valence-corrected chi connectivity index (χ1v) is 35.6. The molecular weight excluding hydrogens is 1250 g/mol. The van der Waals surface area contributed by atoms with E-state index in [9.17, 15) is 0 Å². The number of nitrogens with zero attached hydrogens (tertiary/aromatic N) is 4. The molecule has 4 nitrogen and oxygen atoms in total. The molecule has 4 heteroatoms. The van der Waals surface area contributed by atoms with Crippen LogP contribution in [0.2, 0.25) is 0 Å². The molecule has 0 radical (unpaired) electrons. The fourth-order valence-corrected chi connectivity index (χ4v) is 16.3. The van der Waals surface area contributed by atoms with Gasteiger partial charge in [0.05, 0.1) is 33.1 Å². The van der Waals surface area contributed by atoms with E-state index in [0.717, 1.165) is 22.7 Å². The van der Waals surface area contributed by atoms with Crippen molar-refractivity contribution in [1.29, 1.82) is 0 Å². The van der Waals surface area contributed by atoms with Crippen LogP contribution in [0.5, 0.6) is 0 Å². The van der Waals surface area contributed by atoms with Gasteiger partial charge in [-0.25, -0.2) is 0 Å². The lowest BCUT2D eigenvalue weighted by Crippen LogP contribution is -2.17. The molecular formula is C99H70N4. The third kappa shape index (κ3) is 10.6. The Morgan fingerprint density at radius 2 is 0.505 bits per heavy atom. The van der Waals surface area contributed by atoms with E-state index < -0.39 is 0 Å². The SMILES string of the molecule is CC1(C)c2cc(N(c3ccc(-c4ccccc4)cc3)c3ccc(-c4ccccc4)cc3)ccc2-c2ccc(-n3c4ccccc4c4ccccc43)cc21.c1ccc(-c2cc(-c3ccccc3)cc(-n3c4ccccc4c4cc(-c5ccc6c(c5)c5ccccc5n6-c5ccccc5)ccc43)c2)cc1. The molecule has 3 heterocycles. The van der Waals surface area contributed by atoms with Gasteiger partial charge in [0.2, 0.25) is 0 Å². The number of para-hydroxylation sites is 5. The van der Waals surface area contributed by atoms with Crippen molar-refractivity contribution in [3.8, 4) is 83.8 Å². The smallest absolute Gasteiger partial charge is 0.0541 e. The third-order valence-corrected chi connectivity index (χ3v) is 21.3. The van der Waals surface area contributed by atoms with Crippen molar-refractivity contribution in [2.75, 3.05) is 4.90 Å². The molecule has 0 amide bonds. The van der Waals surface area contributed by atoms with Gasteiger partial charge in [0, 0.05) is 71.9 Å². The van der Waals surface area contributed by atoms with Gasteiger partial charge in [0.25, 0.3) is 0 Å². The summed E-state index contributed by atoms with van der Waals surface area (Å²) in [7, 11) is 0. The van der Waals surface area contributed by atoms with Crippen LogP contribution < -0.4 is 4.90 Å². The molecule has 0 saturated heterocycles. The molecule has 0 saturated carbocycles. The van der Waals surface area contributed by atoms with Crippen LogP contribution in [0, 0.1) is 0 Å². The van der Waals surface area contributed by atoms with Crippen LogP contribution in [0.4, 0.5) is 17.1 Å². The number of rotatable bonds is 11. The topological polar surface area (TPSA) is 18.0 Å². The Morgan fingerprint density at radius 3 is 0.942 bits per heavy atom. The molecule has 20 rings (SSSR count). The number of benzene rings is 16. The standard InChI is InChI=1S/C51H38N2.C48H32N2/c1-51(2)47-33-41(29-31-43(47)44-32-30-42(34-48(44)51)53-49-19-11-9-17-45(49)46-18-10-12-20-50(46)53)52(39-25-21-37(22-26-39)35-13-5-3-6-14-35)40-27-23-38(24-28-40)36-15-7-4-8-16-36;1-4-14-33(15-5-1)37-28-38(34-16-6-2-7-17-34)30-40(29-37)50-46-23-13-11-21-42(46)44-32-36(25-27-48(44)50)35-24-26-47-43(31-35)41-20-10-12-22-45(41)49(47)39-18-8-3-9-19-39/h3-34H,1-2H3;1-32H. The van der Waals surface area contributed by atoms with Crippen LogP contribution in [0.25, 0.3) is 149 Å². The van der Waals surface area contributed by atoms with E-state index >= 15 is 0 Å². The first-order chi connectivity index (χ1) is 50.8. The van der Waals surface area contributed by atoms with Crippen molar-refractivity contribution in [1.82, 2.24) is 13.7 Å². The van der Waals surface area contributed by atoms with Crippen LogP contribution in [-0.4, -0.2) is 13.7 Å². The summed E-state index contributed by atoms with van der Waals surface area (Å²) in [5.74, 6) is 0. The van der Waals surface area contributed by atoms with Gasteiger partial charge < -0.3 is 18.6 Å². The van der Waals surface area contributed by atoms with Gasteiger partial charge in [-0.05, 0) is 205 Å². The van der Waals surface area contributed by atoms with E-state index in [4.69, 9.17) is 0 Å². The van der Waals surface area contributed by atoms with Gasteiger partial charge in [-0.2, -0.15) is 0 Å². The second-order valence-electron chi connectivity index (χ2n) is 27.6. The number of hydrogen-bond acceptors (Lipinski definition) is 1. The zero-order valence-electron chi connectivity index (χ0n) is 57.2. The molecule has 1 aliphatic rings. The molecule has 0 fully saturated rings. The molecule has 1 aliphatic carbocycles. The molecule has 3 aromatic heterocycles. The highest BCUT2D eigenvalue weighted by molar-refractivity contribution is 6.13. The maximum absolute atomic E-state index is 2.43. The third-order valence-electron chi connectivity index (χ3n) is 21.3. The van der Waals surface area contributed by atoms with Crippen molar-refractivity contribution < 1.29 is 0 Å². The van der Waals surface area contributed by atoms with Crippen molar-refractivity contribution in [3.05, 3.63) is 399 Å². The molecule has 0 bridgehead atoms.